The van der Waals surface area contributed by atoms with Gasteiger partial charge in [0.1, 0.15) is 6.10 Å². The molecule has 1 aromatic rings. The van der Waals surface area contributed by atoms with Gasteiger partial charge in [-0.05, 0) is 48.9 Å². The Morgan fingerprint density at radius 3 is 2.88 bits per heavy atom. The average molecular weight is 343 g/mol. The summed E-state index contributed by atoms with van der Waals surface area (Å²) in [6, 6.07) is 3.95. The Morgan fingerprint density at radius 1 is 1.28 bits per heavy atom. The third-order valence-electron chi connectivity index (χ3n) is 6.27. The molecule has 132 valence electrons. The summed E-state index contributed by atoms with van der Waals surface area (Å²) in [6.45, 7) is 2.46. The van der Waals surface area contributed by atoms with Crippen LogP contribution >= 0.6 is 0 Å². The zero-order valence-electron chi connectivity index (χ0n) is 14.2. The predicted molar refractivity (Wildman–Crippen MR) is 87.5 cm³/mol. The smallest absolute Gasteiger partial charge is 0.302 e. The van der Waals surface area contributed by atoms with Crippen LogP contribution in [0.3, 0.4) is 0 Å². The van der Waals surface area contributed by atoms with Gasteiger partial charge in [0.25, 0.3) is 0 Å². The van der Waals surface area contributed by atoms with Crippen LogP contribution in [0.25, 0.3) is 0 Å². The number of carbonyl (C=O) groups is 2. The van der Waals surface area contributed by atoms with E-state index in [1.807, 2.05) is 12.1 Å². The van der Waals surface area contributed by atoms with E-state index in [-0.39, 0.29) is 36.2 Å². The lowest BCUT2D eigenvalue weighted by molar-refractivity contribution is -0.147. The van der Waals surface area contributed by atoms with E-state index in [1.165, 1.54) is 6.92 Å². The fraction of sp³-hybridized carbons (Fsp3) is 0.579. The van der Waals surface area contributed by atoms with Gasteiger partial charge < -0.3 is 19.1 Å². The molecule has 4 aliphatic rings. The Morgan fingerprint density at radius 2 is 2.08 bits per heavy atom. The summed E-state index contributed by atoms with van der Waals surface area (Å²) in [4.78, 5) is 26.7. The molecule has 3 heterocycles. The molecule has 1 saturated carbocycles. The lowest BCUT2D eigenvalue weighted by atomic mass is 9.78. The Labute approximate surface area is 146 Å². The highest BCUT2D eigenvalue weighted by Crippen LogP contribution is 2.56. The van der Waals surface area contributed by atoms with Crippen LogP contribution in [0, 0.1) is 0 Å². The van der Waals surface area contributed by atoms with E-state index in [0.29, 0.717) is 12.2 Å². The lowest BCUT2D eigenvalue weighted by Crippen LogP contribution is -2.49. The zero-order valence-corrected chi connectivity index (χ0v) is 14.2. The number of amides is 1. The summed E-state index contributed by atoms with van der Waals surface area (Å²) >= 11 is 0. The topological polar surface area (TPSA) is 65.1 Å². The molecule has 0 unspecified atom stereocenters. The highest BCUT2D eigenvalue weighted by molar-refractivity contribution is 5.82. The van der Waals surface area contributed by atoms with Gasteiger partial charge in [-0.15, -0.1) is 0 Å². The van der Waals surface area contributed by atoms with Crippen LogP contribution in [-0.2, 0) is 20.7 Å². The first-order valence-corrected chi connectivity index (χ1v) is 8.98. The second-order valence-electron chi connectivity index (χ2n) is 7.50. The molecule has 0 radical (unpaired) electrons. The van der Waals surface area contributed by atoms with Gasteiger partial charge in [0.05, 0.1) is 12.0 Å². The summed E-state index contributed by atoms with van der Waals surface area (Å²) in [6.07, 6.45) is 3.83. The van der Waals surface area contributed by atoms with E-state index in [1.54, 1.807) is 0 Å². The van der Waals surface area contributed by atoms with E-state index < -0.39 is 0 Å². The van der Waals surface area contributed by atoms with Crippen LogP contribution in [-0.4, -0.2) is 41.8 Å². The fourth-order valence-electron chi connectivity index (χ4n) is 5.45. The molecule has 1 spiro atoms. The maximum absolute atomic E-state index is 13.0. The van der Waals surface area contributed by atoms with Crippen LogP contribution in [0.15, 0.2) is 12.1 Å². The standard InChI is InChI=1S/C19H21NO5/c1-11(21)25-14-3-5-19-4-2-6-20(19)17(22)8-12-7-15-16(24-10-23-15)9-13(12)18(14)19/h7,9,14,18H,2-6,8,10H2,1H3/t14-,18-,19-/m1/s1. The first-order valence-electron chi connectivity index (χ1n) is 8.98. The molecular weight excluding hydrogens is 322 g/mol. The van der Waals surface area contributed by atoms with Crippen LogP contribution in [0.2, 0.25) is 0 Å². The number of hydrogen-bond donors (Lipinski definition) is 0. The van der Waals surface area contributed by atoms with Gasteiger partial charge in [-0.1, -0.05) is 0 Å². The Hall–Kier alpha value is -2.24. The largest absolute Gasteiger partial charge is 0.462 e. The minimum Gasteiger partial charge on any atom is -0.462 e. The summed E-state index contributed by atoms with van der Waals surface area (Å²) in [5, 5.41) is 0. The SMILES string of the molecule is CC(=O)O[C@@H]1CC[C@@]23CCCN2C(=O)Cc2cc4c(cc2[C@H]13)OCO4. The van der Waals surface area contributed by atoms with Crippen molar-refractivity contribution in [2.24, 2.45) is 0 Å². The summed E-state index contributed by atoms with van der Waals surface area (Å²) in [7, 11) is 0. The Kier molecular flexibility index (Phi) is 3.09. The molecule has 1 aromatic carbocycles. The van der Waals surface area contributed by atoms with Gasteiger partial charge in [0, 0.05) is 19.4 Å². The van der Waals surface area contributed by atoms with Crippen molar-refractivity contribution < 1.29 is 23.8 Å². The molecule has 2 fully saturated rings. The van der Waals surface area contributed by atoms with Crippen LogP contribution in [0.1, 0.15) is 49.7 Å². The molecule has 1 amide bonds. The van der Waals surface area contributed by atoms with Crippen LogP contribution in [0.5, 0.6) is 11.5 Å². The lowest BCUT2D eigenvalue weighted by Gasteiger charge is -2.40. The fourth-order valence-corrected chi connectivity index (χ4v) is 5.45. The molecule has 6 nitrogen and oxygen atoms in total. The maximum atomic E-state index is 13.0. The summed E-state index contributed by atoms with van der Waals surface area (Å²) in [5.74, 6) is 1.34. The number of carbonyl (C=O) groups excluding carboxylic acids is 2. The molecule has 6 heteroatoms. The first kappa shape index (κ1) is 15.0. The van der Waals surface area contributed by atoms with Crippen molar-refractivity contribution in [3.8, 4) is 11.5 Å². The number of hydrogen-bond acceptors (Lipinski definition) is 5. The third-order valence-corrected chi connectivity index (χ3v) is 6.27. The van der Waals surface area contributed by atoms with E-state index in [9.17, 15) is 9.59 Å². The van der Waals surface area contributed by atoms with Crippen molar-refractivity contribution in [3.05, 3.63) is 23.3 Å². The molecule has 3 aliphatic heterocycles. The molecule has 1 saturated heterocycles. The normalized spacial score (nSPS) is 32.0. The average Bonchev–Trinajstić information content (AvgIpc) is 3.25. The molecule has 25 heavy (non-hydrogen) atoms. The first-order chi connectivity index (χ1) is 12.1. The van der Waals surface area contributed by atoms with E-state index in [0.717, 1.165) is 49.1 Å². The van der Waals surface area contributed by atoms with Crippen molar-refractivity contribution in [1.82, 2.24) is 4.90 Å². The zero-order chi connectivity index (χ0) is 17.2. The molecule has 5 rings (SSSR count). The van der Waals surface area contributed by atoms with Crippen molar-refractivity contribution >= 4 is 11.9 Å². The van der Waals surface area contributed by atoms with E-state index in [4.69, 9.17) is 14.2 Å². The van der Waals surface area contributed by atoms with Gasteiger partial charge in [-0.3, -0.25) is 9.59 Å². The number of esters is 1. The summed E-state index contributed by atoms with van der Waals surface area (Å²) < 4.78 is 16.8. The third kappa shape index (κ3) is 2.03. The minimum absolute atomic E-state index is 0.00912. The second kappa shape index (κ2) is 5.13. The predicted octanol–water partition coefficient (Wildman–Crippen LogP) is 2.14. The number of nitrogens with zero attached hydrogens (tertiary/aromatic N) is 1. The van der Waals surface area contributed by atoms with Crippen molar-refractivity contribution in [2.75, 3.05) is 13.3 Å². The molecule has 0 aromatic heterocycles. The maximum Gasteiger partial charge on any atom is 0.302 e. The molecule has 3 atom stereocenters. The van der Waals surface area contributed by atoms with Crippen molar-refractivity contribution in [1.29, 1.82) is 0 Å². The van der Waals surface area contributed by atoms with E-state index >= 15 is 0 Å². The number of fused-ring (bicyclic) bond motifs is 3. The van der Waals surface area contributed by atoms with E-state index in [2.05, 4.69) is 4.90 Å². The highest BCUT2D eigenvalue weighted by Gasteiger charge is 2.59. The second-order valence-corrected chi connectivity index (χ2v) is 7.50. The molecular formula is C19H21NO5. The molecule has 0 N–H and O–H groups in total. The number of ether oxygens (including phenoxy) is 3. The quantitative estimate of drug-likeness (QED) is 0.731. The Bertz CT molecular complexity index is 775. The van der Waals surface area contributed by atoms with Gasteiger partial charge in [0.2, 0.25) is 12.7 Å². The molecule has 0 bridgehead atoms. The van der Waals surface area contributed by atoms with Gasteiger partial charge >= 0.3 is 5.97 Å². The minimum atomic E-state index is -0.260. The molecule has 1 aliphatic carbocycles. The van der Waals surface area contributed by atoms with Crippen molar-refractivity contribution in [3.63, 3.8) is 0 Å². The number of rotatable bonds is 1. The summed E-state index contributed by atoms with van der Waals surface area (Å²) in [5.41, 5.74) is 1.84. The van der Waals surface area contributed by atoms with Crippen LogP contribution < -0.4 is 9.47 Å². The van der Waals surface area contributed by atoms with Gasteiger partial charge in [-0.25, -0.2) is 0 Å². The van der Waals surface area contributed by atoms with Gasteiger partial charge in [0.15, 0.2) is 11.5 Å². The number of benzene rings is 1. The van der Waals surface area contributed by atoms with Crippen LogP contribution in [0.4, 0.5) is 0 Å². The monoisotopic (exact) mass is 343 g/mol. The van der Waals surface area contributed by atoms with Crippen molar-refractivity contribution in [2.45, 2.75) is 56.6 Å². The highest BCUT2D eigenvalue weighted by atomic mass is 16.7. The van der Waals surface area contributed by atoms with Gasteiger partial charge in [-0.2, -0.15) is 0 Å². The Balaban J connectivity index is 1.69.